The molecule has 0 radical (unpaired) electrons. The van der Waals surface area contributed by atoms with Gasteiger partial charge in [-0.1, -0.05) is 23.5 Å². The zero-order valence-electron chi connectivity index (χ0n) is 12.3. The van der Waals surface area contributed by atoms with Gasteiger partial charge in [-0.2, -0.15) is 0 Å². The molecule has 0 saturated heterocycles. The maximum Gasteiger partial charge on any atom is 0.330 e. The molecule has 0 saturated carbocycles. The quantitative estimate of drug-likeness (QED) is 0.547. The van der Waals surface area contributed by atoms with Crippen LogP contribution >= 0.6 is 11.3 Å². The number of nitrogens with zero attached hydrogens (tertiary/aromatic N) is 3. The number of aryl methyl sites for hydroxylation is 1. The van der Waals surface area contributed by atoms with E-state index in [1.54, 1.807) is 19.3 Å². The Labute approximate surface area is 131 Å². The zero-order chi connectivity index (χ0) is 15.5. The predicted molar refractivity (Wildman–Crippen MR) is 87.1 cm³/mol. The first-order chi connectivity index (χ1) is 10.7. The lowest BCUT2D eigenvalue weighted by molar-refractivity contribution is -0.137. The molecule has 0 aliphatic rings. The number of thiazole rings is 1. The van der Waals surface area contributed by atoms with Crippen LogP contribution in [0.15, 0.2) is 36.7 Å². The van der Waals surface area contributed by atoms with Crippen molar-refractivity contribution >= 4 is 34.4 Å². The Morgan fingerprint density at radius 1 is 1.41 bits per heavy atom. The number of ether oxygens (including phenoxy) is 1. The van der Waals surface area contributed by atoms with Crippen molar-refractivity contribution in [2.24, 2.45) is 0 Å². The molecule has 0 aliphatic carbocycles. The van der Waals surface area contributed by atoms with Crippen LogP contribution in [0.4, 0.5) is 0 Å². The van der Waals surface area contributed by atoms with Crippen LogP contribution in [0.25, 0.3) is 22.2 Å². The van der Waals surface area contributed by atoms with Crippen molar-refractivity contribution in [3.8, 4) is 5.13 Å². The Morgan fingerprint density at radius 2 is 2.23 bits per heavy atom. The fourth-order valence-electron chi connectivity index (χ4n) is 2.10. The maximum absolute atomic E-state index is 11.4. The van der Waals surface area contributed by atoms with Gasteiger partial charge < -0.3 is 4.74 Å². The summed E-state index contributed by atoms with van der Waals surface area (Å²) in [5, 5.41) is 0.828. The fourth-order valence-corrected chi connectivity index (χ4v) is 3.05. The third-order valence-corrected chi connectivity index (χ3v) is 4.26. The minimum Gasteiger partial charge on any atom is -0.463 e. The highest BCUT2D eigenvalue weighted by Crippen LogP contribution is 2.25. The van der Waals surface area contributed by atoms with Crippen LogP contribution in [0.5, 0.6) is 0 Å². The number of esters is 1. The summed E-state index contributed by atoms with van der Waals surface area (Å²) in [6, 6.07) is 7.91. The molecular formula is C16H15N3O2S. The average Bonchev–Trinajstić information content (AvgIpc) is 3.09. The molecule has 3 aromatic rings. The Hall–Kier alpha value is -2.47. The van der Waals surface area contributed by atoms with E-state index < -0.39 is 0 Å². The van der Waals surface area contributed by atoms with E-state index in [0.717, 1.165) is 26.7 Å². The van der Waals surface area contributed by atoms with E-state index in [9.17, 15) is 4.79 Å². The third kappa shape index (κ3) is 2.78. The summed E-state index contributed by atoms with van der Waals surface area (Å²) in [5.74, 6) is -0.343. The van der Waals surface area contributed by atoms with Crippen molar-refractivity contribution in [1.29, 1.82) is 0 Å². The molecule has 3 rings (SSSR count). The summed E-state index contributed by atoms with van der Waals surface area (Å²) < 4.78 is 6.84. The summed E-state index contributed by atoms with van der Waals surface area (Å²) in [6.07, 6.45) is 4.94. The van der Waals surface area contributed by atoms with Gasteiger partial charge in [-0.25, -0.2) is 14.8 Å². The van der Waals surface area contributed by atoms with Crippen molar-refractivity contribution in [2.75, 3.05) is 6.61 Å². The molecule has 22 heavy (non-hydrogen) atoms. The summed E-state index contributed by atoms with van der Waals surface area (Å²) in [6.45, 7) is 4.08. The molecule has 112 valence electrons. The SMILES string of the molecule is CCOC(=O)/C=C/c1sc(-n2cnc3ccccc32)nc1C. The van der Waals surface area contributed by atoms with E-state index >= 15 is 0 Å². The summed E-state index contributed by atoms with van der Waals surface area (Å²) >= 11 is 1.51. The van der Waals surface area contributed by atoms with Gasteiger partial charge in [-0.15, -0.1) is 0 Å². The molecule has 0 bridgehead atoms. The van der Waals surface area contributed by atoms with Gasteiger partial charge in [0.25, 0.3) is 0 Å². The van der Waals surface area contributed by atoms with Gasteiger partial charge in [0.15, 0.2) is 5.13 Å². The van der Waals surface area contributed by atoms with Crippen molar-refractivity contribution < 1.29 is 9.53 Å². The normalized spacial score (nSPS) is 11.4. The maximum atomic E-state index is 11.4. The molecule has 1 aromatic carbocycles. The van der Waals surface area contributed by atoms with Crippen LogP contribution in [-0.4, -0.2) is 27.1 Å². The number of benzene rings is 1. The van der Waals surface area contributed by atoms with E-state index in [0.29, 0.717) is 6.61 Å². The summed E-state index contributed by atoms with van der Waals surface area (Å²) in [7, 11) is 0. The van der Waals surface area contributed by atoms with Crippen LogP contribution in [0.3, 0.4) is 0 Å². The van der Waals surface area contributed by atoms with Gasteiger partial charge in [0, 0.05) is 6.08 Å². The van der Waals surface area contributed by atoms with Crippen LogP contribution in [0.2, 0.25) is 0 Å². The molecule has 6 heteroatoms. The standard InChI is InChI=1S/C16H15N3O2S/c1-3-21-15(20)9-8-14-11(2)18-16(22-14)19-10-17-12-6-4-5-7-13(12)19/h4-10H,3H2,1-2H3/b9-8+. The fraction of sp³-hybridized carbons (Fsp3) is 0.188. The molecule has 0 spiro atoms. The van der Waals surface area contributed by atoms with Gasteiger partial charge in [-0.3, -0.25) is 4.57 Å². The number of carbonyl (C=O) groups excluding carboxylic acids is 1. The minimum atomic E-state index is -0.343. The summed E-state index contributed by atoms with van der Waals surface area (Å²) in [5.41, 5.74) is 2.81. The monoisotopic (exact) mass is 313 g/mol. The van der Waals surface area contributed by atoms with Gasteiger partial charge in [-0.05, 0) is 32.1 Å². The van der Waals surface area contributed by atoms with E-state index in [-0.39, 0.29) is 5.97 Å². The lowest BCUT2D eigenvalue weighted by Gasteiger charge is -1.97. The Kier molecular flexibility index (Phi) is 4.02. The highest BCUT2D eigenvalue weighted by atomic mass is 32.1. The second-order valence-electron chi connectivity index (χ2n) is 4.63. The van der Waals surface area contributed by atoms with E-state index in [1.165, 1.54) is 17.4 Å². The Bertz CT molecular complexity index is 848. The first-order valence-electron chi connectivity index (χ1n) is 6.93. The lowest BCUT2D eigenvalue weighted by Crippen LogP contribution is -1.98. The van der Waals surface area contributed by atoms with Gasteiger partial charge >= 0.3 is 5.97 Å². The molecule has 2 heterocycles. The van der Waals surface area contributed by atoms with Crippen LogP contribution < -0.4 is 0 Å². The first-order valence-corrected chi connectivity index (χ1v) is 7.75. The average molecular weight is 313 g/mol. The van der Waals surface area contributed by atoms with Crippen molar-refractivity contribution in [2.45, 2.75) is 13.8 Å². The smallest absolute Gasteiger partial charge is 0.330 e. The number of carbonyl (C=O) groups is 1. The molecule has 0 unspecified atom stereocenters. The van der Waals surface area contributed by atoms with E-state index in [4.69, 9.17) is 4.74 Å². The number of hydrogen-bond acceptors (Lipinski definition) is 5. The second-order valence-corrected chi connectivity index (χ2v) is 5.64. The van der Waals surface area contributed by atoms with E-state index in [2.05, 4.69) is 9.97 Å². The molecule has 0 aliphatic heterocycles. The molecule has 5 nitrogen and oxygen atoms in total. The van der Waals surface area contributed by atoms with Crippen molar-refractivity contribution in [3.05, 3.63) is 47.2 Å². The Balaban J connectivity index is 1.94. The van der Waals surface area contributed by atoms with E-state index in [1.807, 2.05) is 35.8 Å². The topological polar surface area (TPSA) is 57.0 Å². The molecule has 0 N–H and O–H groups in total. The minimum absolute atomic E-state index is 0.343. The number of hydrogen-bond donors (Lipinski definition) is 0. The van der Waals surface area contributed by atoms with Gasteiger partial charge in [0.2, 0.25) is 0 Å². The number of para-hydroxylation sites is 2. The highest BCUT2D eigenvalue weighted by Gasteiger charge is 2.10. The van der Waals surface area contributed by atoms with Crippen molar-refractivity contribution in [3.63, 3.8) is 0 Å². The molecular weight excluding hydrogens is 298 g/mol. The molecule has 2 aromatic heterocycles. The van der Waals surface area contributed by atoms with Crippen LogP contribution in [0.1, 0.15) is 17.5 Å². The second kappa shape index (κ2) is 6.11. The predicted octanol–water partition coefficient (Wildman–Crippen LogP) is 3.37. The molecule has 0 atom stereocenters. The van der Waals surface area contributed by atoms with Crippen molar-refractivity contribution in [1.82, 2.24) is 14.5 Å². The summed E-state index contributed by atoms with van der Waals surface area (Å²) in [4.78, 5) is 21.3. The largest absolute Gasteiger partial charge is 0.463 e. The number of rotatable bonds is 4. The number of imidazole rings is 1. The van der Waals surface area contributed by atoms with Gasteiger partial charge in [0.05, 0.1) is 28.2 Å². The van der Waals surface area contributed by atoms with Gasteiger partial charge in [0.1, 0.15) is 6.33 Å². The first kappa shape index (κ1) is 14.5. The van der Waals surface area contributed by atoms with Crippen LogP contribution in [0, 0.1) is 6.92 Å². The molecule has 0 amide bonds. The molecule has 0 fully saturated rings. The number of aromatic nitrogens is 3. The van der Waals surface area contributed by atoms with Crippen LogP contribution in [-0.2, 0) is 9.53 Å². The number of fused-ring (bicyclic) bond motifs is 1. The zero-order valence-corrected chi connectivity index (χ0v) is 13.1. The Morgan fingerprint density at radius 3 is 3.05 bits per heavy atom. The third-order valence-electron chi connectivity index (χ3n) is 3.14. The lowest BCUT2D eigenvalue weighted by atomic mass is 10.3. The highest BCUT2D eigenvalue weighted by molar-refractivity contribution is 7.15.